The number of unbranched alkanes of at least 4 members (excludes halogenated alkanes) is 1. The number of rotatable bonds is 11. The van der Waals surface area contributed by atoms with E-state index in [1.165, 1.54) is 62.9 Å². The summed E-state index contributed by atoms with van der Waals surface area (Å²) in [5, 5.41) is 12.2. The van der Waals surface area contributed by atoms with Crippen LogP contribution < -0.4 is 5.73 Å². The van der Waals surface area contributed by atoms with E-state index in [4.69, 9.17) is 5.73 Å². The Morgan fingerprint density at radius 1 is 0.875 bits per heavy atom. The van der Waals surface area contributed by atoms with Gasteiger partial charge in [-0.1, -0.05) is 62.4 Å². The summed E-state index contributed by atoms with van der Waals surface area (Å²) >= 11 is 0. The standard InChI is InChI=1S/C18H35NOS4/c19-14-15(6-3-8-17-10-5-13-22-24-17)18(20)11-2-1-7-16-9-4-12-21-23-16/h15-18,20H,1-14,19H2. The van der Waals surface area contributed by atoms with Gasteiger partial charge in [-0.3, -0.25) is 0 Å². The molecule has 0 aromatic heterocycles. The first-order valence-corrected chi connectivity index (χ1v) is 14.5. The Balaban J connectivity index is 1.52. The second-order valence-corrected chi connectivity index (χ2v) is 12.7. The largest absolute Gasteiger partial charge is 0.393 e. The lowest BCUT2D eigenvalue weighted by Gasteiger charge is -2.24. The van der Waals surface area contributed by atoms with Gasteiger partial charge in [0, 0.05) is 22.0 Å². The molecule has 0 saturated carbocycles. The Labute approximate surface area is 164 Å². The molecule has 0 amide bonds. The van der Waals surface area contributed by atoms with Crippen LogP contribution in [-0.2, 0) is 0 Å². The summed E-state index contributed by atoms with van der Waals surface area (Å²) in [7, 11) is 8.25. The quantitative estimate of drug-likeness (QED) is 0.335. The van der Waals surface area contributed by atoms with Gasteiger partial charge in [0.25, 0.3) is 0 Å². The molecule has 2 nitrogen and oxygen atoms in total. The van der Waals surface area contributed by atoms with Crippen LogP contribution in [0.15, 0.2) is 0 Å². The fourth-order valence-corrected chi connectivity index (χ4v) is 9.34. The molecule has 0 aromatic carbocycles. The molecule has 0 aromatic rings. The van der Waals surface area contributed by atoms with Crippen LogP contribution in [0.3, 0.4) is 0 Å². The molecule has 4 atom stereocenters. The third-order valence-corrected chi connectivity index (χ3v) is 11.3. The summed E-state index contributed by atoms with van der Waals surface area (Å²) in [4.78, 5) is 0. The van der Waals surface area contributed by atoms with E-state index >= 15 is 0 Å². The van der Waals surface area contributed by atoms with E-state index in [1.807, 2.05) is 21.6 Å². The van der Waals surface area contributed by atoms with E-state index in [-0.39, 0.29) is 6.10 Å². The molecule has 6 heteroatoms. The second kappa shape index (κ2) is 13.5. The highest BCUT2D eigenvalue weighted by molar-refractivity contribution is 8.77. The Hall–Kier alpha value is 1.32. The third-order valence-electron chi connectivity index (χ3n) is 5.14. The van der Waals surface area contributed by atoms with Crippen molar-refractivity contribution in [2.24, 2.45) is 11.7 Å². The number of nitrogens with two attached hydrogens (primary N) is 1. The fraction of sp³-hybridized carbons (Fsp3) is 1.00. The van der Waals surface area contributed by atoms with Gasteiger partial charge in [0.05, 0.1) is 6.10 Å². The normalized spacial score (nSPS) is 27.8. The minimum absolute atomic E-state index is 0.184. The first-order valence-electron chi connectivity index (χ1n) is 9.74. The summed E-state index contributed by atoms with van der Waals surface area (Å²) in [6.07, 6.45) is 13.7. The Morgan fingerprint density at radius 3 is 2.04 bits per heavy atom. The Morgan fingerprint density at radius 2 is 1.50 bits per heavy atom. The molecule has 24 heavy (non-hydrogen) atoms. The van der Waals surface area contributed by atoms with Gasteiger partial charge in [-0.25, -0.2) is 0 Å². The van der Waals surface area contributed by atoms with Crippen molar-refractivity contribution < 1.29 is 5.11 Å². The Kier molecular flexibility index (Phi) is 12.1. The molecule has 2 heterocycles. The molecule has 0 aliphatic carbocycles. The van der Waals surface area contributed by atoms with E-state index in [1.54, 1.807) is 0 Å². The summed E-state index contributed by atoms with van der Waals surface area (Å²) in [6, 6.07) is 0. The molecule has 2 fully saturated rings. The maximum absolute atomic E-state index is 10.5. The van der Waals surface area contributed by atoms with Crippen molar-refractivity contribution in [1.29, 1.82) is 0 Å². The third kappa shape index (κ3) is 8.81. The second-order valence-electron chi connectivity index (χ2n) is 7.14. The van der Waals surface area contributed by atoms with Crippen molar-refractivity contribution in [3.8, 4) is 0 Å². The van der Waals surface area contributed by atoms with Crippen LogP contribution in [-0.4, -0.2) is 39.8 Å². The van der Waals surface area contributed by atoms with Gasteiger partial charge >= 0.3 is 0 Å². The smallest absolute Gasteiger partial charge is 0.0580 e. The lowest BCUT2D eigenvalue weighted by atomic mass is 9.91. The molecule has 2 aliphatic heterocycles. The number of aliphatic hydroxyl groups excluding tert-OH is 1. The van der Waals surface area contributed by atoms with Crippen LogP contribution >= 0.6 is 43.2 Å². The molecule has 2 aliphatic rings. The van der Waals surface area contributed by atoms with Gasteiger partial charge < -0.3 is 10.8 Å². The maximum atomic E-state index is 10.5. The molecule has 142 valence electrons. The summed E-state index contributed by atoms with van der Waals surface area (Å²) in [6.45, 7) is 0.642. The van der Waals surface area contributed by atoms with Crippen LogP contribution in [0.25, 0.3) is 0 Å². The van der Waals surface area contributed by atoms with Gasteiger partial charge in [-0.05, 0) is 63.8 Å². The molecule has 2 saturated heterocycles. The lowest BCUT2D eigenvalue weighted by molar-refractivity contribution is 0.0935. The first kappa shape index (κ1) is 21.6. The minimum atomic E-state index is -0.184. The van der Waals surface area contributed by atoms with E-state index < -0.39 is 0 Å². The predicted octanol–water partition coefficient (Wildman–Crippen LogP) is 5.74. The zero-order valence-electron chi connectivity index (χ0n) is 14.9. The highest BCUT2D eigenvalue weighted by Crippen LogP contribution is 2.39. The molecule has 4 unspecified atom stereocenters. The molecule has 3 N–H and O–H groups in total. The maximum Gasteiger partial charge on any atom is 0.0580 e. The number of aliphatic hydroxyl groups is 1. The lowest BCUT2D eigenvalue weighted by Crippen LogP contribution is -2.28. The van der Waals surface area contributed by atoms with Crippen LogP contribution in [0, 0.1) is 5.92 Å². The van der Waals surface area contributed by atoms with Gasteiger partial charge in [0.15, 0.2) is 0 Å². The predicted molar refractivity (Wildman–Crippen MR) is 117 cm³/mol. The zero-order chi connectivity index (χ0) is 17.0. The monoisotopic (exact) mass is 409 g/mol. The summed E-state index contributed by atoms with van der Waals surface area (Å²) in [5.74, 6) is 2.96. The van der Waals surface area contributed by atoms with Gasteiger partial charge in [-0.15, -0.1) is 0 Å². The van der Waals surface area contributed by atoms with Crippen LogP contribution in [0.1, 0.15) is 70.6 Å². The van der Waals surface area contributed by atoms with E-state index in [9.17, 15) is 5.11 Å². The van der Waals surface area contributed by atoms with E-state index in [0.29, 0.717) is 12.5 Å². The SMILES string of the molecule is NCC(CCCC1CCCSS1)C(O)CCCCC1CCCSS1. The van der Waals surface area contributed by atoms with Gasteiger partial charge in [-0.2, -0.15) is 0 Å². The summed E-state index contributed by atoms with van der Waals surface area (Å²) in [5.41, 5.74) is 5.94. The zero-order valence-corrected chi connectivity index (χ0v) is 18.1. The van der Waals surface area contributed by atoms with E-state index in [2.05, 4.69) is 21.6 Å². The van der Waals surface area contributed by atoms with E-state index in [0.717, 1.165) is 29.8 Å². The van der Waals surface area contributed by atoms with Crippen molar-refractivity contribution in [3.63, 3.8) is 0 Å². The van der Waals surface area contributed by atoms with Gasteiger partial charge in [0.1, 0.15) is 0 Å². The summed E-state index contributed by atoms with van der Waals surface area (Å²) < 4.78 is 0. The van der Waals surface area contributed by atoms with Gasteiger partial charge in [0.2, 0.25) is 0 Å². The van der Waals surface area contributed by atoms with Crippen molar-refractivity contribution in [3.05, 3.63) is 0 Å². The molecule has 2 rings (SSSR count). The highest BCUT2D eigenvalue weighted by Gasteiger charge is 2.20. The van der Waals surface area contributed by atoms with Crippen molar-refractivity contribution >= 4 is 43.2 Å². The van der Waals surface area contributed by atoms with Crippen LogP contribution in [0.5, 0.6) is 0 Å². The van der Waals surface area contributed by atoms with Crippen LogP contribution in [0.2, 0.25) is 0 Å². The molecular formula is C18H35NOS4. The van der Waals surface area contributed by atoms with Crippen molar-refractivity contribution in [2.75, 3.05) is 18.1 Å². The molecule has 0 spiro atoms. The highest BCUT2D eigenvalue weighted by atomic mass is 33.1. The van der Waals surface area contributed by atoms with Crippen molar-refractivity contribution in [2.45, 2.75) is 87.2 Å². The molecular weight excluding hydrogens is 374 g/mol. The topological polar surface area (TPSA) is 46.2 Å². The molecule has 0 bridgehead atoms. The van der Waals surface area contributed by atoms with Crippen molar-refractivity contribution in [1.82, 2.24) is 0 Å². The average Bonchev–Trinajstić information content (AvgIpc) is 2.64. The number of hydrogen-bond donors (Lipinski definition) is 2. The first-order chi connectivity index (χ1) is 11.8. The Bertz CT molecular complexity index is 309. The average molecular weight is 410 g/mol. The van der Waals surface area contributed by atoms with Crippen LogP contribution in [0.4, 0.5) is 0 Å². The minimum Gasteiger partial charge on any atom is -0.393 e. The fourth-order valence-electron chi connectivity index (χ4n) is 3.55. The molecule has 0 radical (unpaired) electrons. The number of hydrogen-bond acceptors (Lipinski definition) is 6.